The number of nitro groups is 2. The third-order valence-electron chi connectivity index (χ3n) is 4.13. The van der Waals surface area contributed by atoms with Gasteiger partial charge in [-0.25, -0.2) is 0 Å². The molecule has 0 aromatic heterocycles. The molecule has 1 aliphatic rings. The van der Waals surface area contributed by atoms with E-state index in [1.165, 1.54) is 0 Å². The average molecular weight is 292 g/mol. The van der Waals surface area contributed by atoms with Crippen LogP contribution < -0.4 is 0 Å². The van der Waals surface area contributed by atoms with E-state index in [4.69, 9.17) is 0 Å². The van der Waals surface area contributed by atoms with Crippen LogP contribution in [0.5, 0.6) is 0 Å². The molecule has 1 fully saturated rings. The minimum absolute atomic E-state index is 0.0617. The molecule has 0 radical (unpaired) electrons. The van der Waals surface area contributed by atoms with Crippen LogP contribution in [0.25, 0.3) is 0 Å². The molecule has 1 aliphatic carbocycles. The van der Waals surface area contributed by atoms with Gasteiger partial charge < -0.3 is 0 Å². The fraction of sp³-hybridized carbons (Fsp3) is 0.500. The maximum atomic E-state index is 12.3. The van der Waals surface area contributed by atoms with Gasteiger partial charge in [0.2, 0.25) is 12.3 Å². The largest absolute Gasteiger partial charge is 0.292 e. The Hall–Kier alpha value is -2.31. The smallest absolute Gasteiger partial charge is 0.292 e. The van der Waals surface area contributed by atoms with E-state index in [9.17, 15) is 25.0 Å². The number of Topliss-reactive ketones (excluding diaryl/α,β-unsaturated/α-hetero) is 1. The number of ketones is 1. The molecular weight excluding hydrogens is 276 g/mol. The number of nitrogens with zero attached hydrogens (tertiary/aromatic N) is 2. The molecule has 0 saturated heterocycles. The summed E-state index contributed by atoms with van der Waals surface area (Å²) in [5.41, 5.74) is -1.40. The summed E-state index contributed by atoms with van der Waals surface area (Å²) in [7, 11) is 0. The fourth-order valence-electron chi connectivity index (χ4n) is 3.09. The maximum absolute atomic E-state index is 12.3. The summed E-state index contributed by atoms with van der Waals surface area (Å²) in [6.45, 7) is -0.614. The van der Waals surface area contributed by atoms with Crippen molar-refractivity contribution in [2.75, 3.05) is 6.54 Å². The topological polar surface area (TPSA) is 103 Å². The molecule has 0 spiro atoms. The Morgan fingerprint density at radius 1 is 1.14 bits per heavy atom. The van der Waals surface area contributed by atoms with E-state index in [0.717, 1.165) is 0 Å². The lowest BCUT2D eigenvalue weighted by Crippen LogP contribution is -2.54. The molecule has 112 valence electrons. The summed E-state index contributed by atoms with van der Waals surface area (Å²) in [4.78, 5) is 33.7. The van der Waals surface area contributed by atoms with Crippen LogP contribution in [0.1, 0.15) is 37.2 Å². The number of carbonyl (C=O) groups excluding carboxylic acids is 1. The zero-order chi connectivity index (χ0) is 15.5. The van der Waals surface area contributed by atoms with Crippen LogP contribution in [0, 0.1) is 20.2 Å². The lowest BCUT2D eigenvalue weighted by atomic mass is 9.69. The third kappa shape index (κ3) is 2.76. The molecule has 1 aromatic carbocycles. The second kappa shape index (κ2) is 5.99. The Kier molecular flexibility index (Phi) is 4.30. The molecule has 0 N–H and O–H groups in total. The molecule has 1 saturated carbocycles. The second-order valence-corrected chi connectivity index (χ2v) is 5.29. The van der Waals surface area contributed by atoms with Crippen LogP contribution in [-0.2, 0) is 4.79 Å². The zero-order valence-corrected chi connectivity index (χ0v) is 11.4. The van der Waals surface area contributed by atoms with Crippen molar-refractivity contribution in [3.05, 3.63) is 56.1 Å². The fourth-order valence-corrected chi connectivity index (χ4v) is 3.09. The van der Waals surface area contributed by atoms with Crippen molar-refractivity contribution >= 4 is 5.78 Å². The van der Waals surface area contributed by atoms with Gasteiger partial charge in [-0.15, -0.1) is 0 Å². The van der Waals surface area contributed by atoms with Crippen LogP contribution >= 0.6 is 0 Å². The van der Waals surface area contributed by atoms with Crippen LogP contribution in [0.4, 0.5) is 0 Å². The van der Waals surface area contributed by atoms with Gasteiger partial charge in [-0.2, -0.15) is 0 Å². The van der Waals surface area contributed by atoms with Crippen molar-refractivity contribution in [3.63, 3.8) is 0 Å². The first-order valence-corrected chi connectivity index (χ1v) is 6.83. The Morgan fingerprint density at radius 3 is 2.33 bits per heavy atom. The van der Waals surface area contributed by atoms with Gasteiger partial charge in [0.1, 0.15) is 5.92 Å². The summed E-state index contributed by atoms with van der Waals surface area (Å²) >= 11 is 0. The van der Waals surface area contributed by atoms with Gasteiger partial charge in [0, 0.05) is 22.7 Å². The predicted molar refractivity (Wildman–Crippen MR) is 74.2 cm³/mol. The molecule has 0 heterocycles. The zero-order valence-electron chi connectivity index (χ0n) is 11.4. The molecule has 2 atom stereocenters. The minimum atomic E-state index is -1.87. The number of carbonyl (C=O) groups is 1. The van der Waals surface area contributed by atoms with Crippen molar-refractivity contribution < 1.29 is 14.6 Å². The highest BCUT2D eigenvalue weighted by Crippen LogP contribution is 2.40. The summed E-state index contributed by atoms with van der Waals surface area (Å²) in [5, 5.41) is 22.6. The molecule has 1 aromatic rings. The third-order valence-corrected chi connectivity index (χ3v) is 4.13. The summed E-state index contributed by atoms with van der Waals surface area (Å²) in [6, 6.07) is 8.29. The monoisotopic (exact) mass is 292 g/mol. The van der Waals surface area contributed by atoms with Crippen molar-refractivity contribution in [2.24, 2.45) is 0 Å². The maximum Gasteiger partial charge on any atom is 0.292 e. The van der Waals surface area contributed by atoms with E-state index in [1.807, 2.05) is 0 Å². The van der Waals surface area contributed by atoms with Crippen LogP contribution in [0.3, 0.4) is 0 Å². The van der Waals surface area contributed by atoms with Crippen LogP contribution in [0.15, 0.2) is 30.3 Å². The van der Waals surface area contributed by atoms with Crippen LogP contribution in [-0.4, -0.2) is 27.7 Å². The number of rotatable bonds is 5. The van der Waals surface area contributed by atoms with Gasteiger partial charge in [0.05, 0.1) is 0 Å². The number of benzene rings is 1. The van der Waals surface area contributed by atoms with E-state index in [0.29, 0.717) is 18.4 Å². The average Bonchev–Trinajstić information content (AvgIpc) is 2.46. The lowest BCUT2D eigenvalue weighted by Gasteiger charge is -2.32. The van der Waals surface area contributed by atoms with E-state index in [1.54, 1.807) is 30.3 Å². The van der Waals surface area contributed by atoms with Gasteiger partial charge in [-0.1, -0.05) is 30.3 Å². The molecule has 0 amide bonds. The number of hydrogen-bond acceptors (Lipinski definition) is 5. The van der Waals surface area contributed by atoms with E-state index < -0.39 is 33.6 Å². The molecule has 0 unspecified atom stereocenters. The van der Waals surface area contributed by atoms with Gasteiger partial charge in [0.25, 0.3) is 5.54 Å². The Bertz CT molecular complexity index is 560. The highest BCUT2D eigenvalue weighted by atomic mass is 16.6. The molecule has 7 heteroatoms. The second-order valence-electron chi connectivity index (χ2n) is 5.29. The Morgan fingerprint density at radius 2 is 1.81 bits per heavy atom. The summed E-state index contributed by atoms with van der Waals surface area (Å²) in [5.74, 6) is -1.52. The first-order valence-electron chi connectivity index (χ1n) is 6.83. The standard InChI is InChI=1S/C14H16N2O5/c17-13-8-4-5-9-14(13,16(20)21)12(10-15(18)19)11-6-2-1-3-7-11/h1-3,6-7,12H,4-5,8-10H2/t12-,14+/m1/s1. The Balaban J connectivity index is 2.53. The van der Waals surface area contributed by atoms with E-state index in [-0.39, 0.29) is 12.8 Å². The summed E-state index contributed by atoms with van der Waals surface area (Å²) in [6.07, 6.45) is 1.32. The highest BCUT2D eigenvalue weighted by molar-refractivity contribution is 5.89. The highest BCUT2D eigenvalue weighted by Gasteiger charge is 2.59. The molecule has 0 bridgehead atoms. The predicted octanol–water partition coefficient (Wildman–Crippen LogP) is 2.21. The molecule has 21 heavy (non-hydrogen) atoms. The first-order chi connectivity index (χ1) is 9.98. The van der Waals surface area contributed by atoms with Crippen molar-refractivity contribution in [1.82, 2.24) is 0 Å². The minimum Gasteiger partial charge on any atom is -0.292 e. The van der Waals surface area contributed by atoms with Gasteiger partial charge in [-0.3, -0.25) is 25.0 Å². The molecule has 7 nitrogen and oxygen atoms in total. The lowest BCUT2D eigenvalue weighted by molar-refractivity contribution is -0.574. The number of hydrogen-bond donors (Lipinski definition) is 0. The van der Waals surface area contributed by atoms with Gasteiger partial charge in [-0.05, 0) is 18.4 Å². The Labute approximate surface area is 121 Å². The van der Waals surface area contributed by atoms with E-state index >= 15 is 0 Å². The van der Waals surface area contributed by atoms with E-state index in [2.05, 4.69) is 0 Å². The quantitative estimate of drug-likeness (QED) is 0.611. The van der Waals surface area contributed by atoms with Crippen LogP contribution in [0.2, 0.25) is 0 Å². The molecule has 0 aliphatic heterocycles. The SMILES string of the molecule is O=C1CCCC[C@@]1([C@H](C[N+](=O)[O-])c1ccccc1)[N+](=O)[O-]. The van der Waals surface area contributed by atoms with Crippen molar-refractivity contribution in [1.29, 1.82) is 0 Å². The van der Waals surface area contributed by atoms with Crippen molar-refractivity contribution in [3.8, 4) is 0 Å². The van der Waals surface area contributed by atoms with Gasteiger partial charge >= 0.3 is 0 Å². The normalized spacial score (nSPS) is 23.5. The first kappa shape index (κ1) is 15.1. The molecular formula is C14H16N2O5. The summed E-state index contributed by atoms with van der Waals surface area (Å²) < 4.78 is 0. The molecule has 2 rings (SSSR count). The van der Waals surface area contributed by atoms with Gasteiger partial charge in [0.15, 0.2) is 0 Å². The van der Waals surface area contributed by atoms with Crippen molar-refractivity contribution in [2.45, 2.75) is 37.1 Å².